The van der Waals surface area contributed by atoms with E-state index in [1.165, 1.54) is 4.88 Å². The van der Waals surface area contributed by atoms with E-state index in [1.54, 1.807) is 0 Å². The molecule has 84 valence electrons. The Hall–Kier alpha value is -0.380. The molecule has 1 saturated heterocycles. The zero-order valence-corrected chi connectivity index (χ0v) is 10.3. The zero-order valence-electron chi connectivity index (χ0n) is 9.45. The summed E-state index contributed by atoms with van der Waals surface area (Å²) in [4.78, 5) is 1.45. The second-order valence-electron chi connectivity index (χ2n) is 4.97. The third-order valence-electron chi connectivity index (χ3n) is 3.75. The Balaban J connectivity index is 2.29. The van der Waals surface area contributed by atoms with Crippen LogP contribution >= 0.6 is 11.3 Å². The third kappa shape index (κ3) is 1.63. The molecule has 1 fully saturated rings. The highest BCUT2D eigenvalue weighted by Crippen LogP contribution is 2.50. The standard InChI is InChI=1S/C12H19NOS/c1-11(2,5-6-13)12(8-14-9-12)10-4-3-7-15-10/h3-4,7H,5-6,8-9,13H2,1-2H3. The van der Waals surface area contributed by atoms with Crippen LogP contribution in [0.1, 0.15) is 25.1 Å². The molecule has 1 aromatic heterocycles. The molecular formula is C12H19NOS. The summed E-state index contributed by atoms with van der Waals surface area (Å²) in [7, 11) is 0. The van der Waals surface area contributed by atoms with Crippen LogP contribution in [0.3, 0.4) is 0 Å². The summed E-state index contributed by atoms with van der Waals surface area (Å²) < 4.78 is 5.46. The highest BCUT2D eigenvalue weighted by atomic mass is 32.1. The molecule has 0 bridgehead atoms. The summed E-state index contributed by atoms with van der Waals surface area (Å²) >= 11 is 1.84. The lowest BCUT2D eigenvalue weighted by molar-refractivity contribution is -0.119. The second-order valence-corrected chi connectivity index (χ2v) is 5.92. The first-order chi connectivity index (χ1) is 7.12. The lowest BCUT2D eigenvalue weighted by atomic mass is 9.61. The summed E-state index contributed by atoms with van der Waals surface area (Å²) in [5.41, 5.74) is 6.14. The first-order valence-electron chi connectivity index (χ1n) is 5.44. The molecule has 1 aliphatic rings. The van der Waals surface area contributed by atoms with Gasteiger partial charge in [0.2, 0.25) is 0 Å². The molecule has 0 radical (unpaired) electrons. The smallest absolute Gasteiger partial charge is 0.0598 e. The van der Waals surface area contributed by atoms with Crippen molar-refractivity contribution in [3.05, 3.63) is 22.4 Å². The SMILES string of the molecule is CC(C)(CCN)C1(c2cccs2)COC1. The molecule has 2 N–H and O–H groups in total. The Labute approximate surface area is 95.4 Å². The number of hydrogen-bond acceptors (Lipinski definition) is 3. The van der Waals surface area contributed by atoms with Crippen molar-refractivity contribution in [3.8, 4) is 0 Å². The molecule has 0 amide bonds. The van der Waals surface area contributed by atoms with Gasteiger partial charge in [-0.15, -0.1) is 11.3 Å². The van der Waals surface area contributed by atoms with Crippen LogP contribution in [0.2, 0.25) is 0 Å². The van der Waals surface area contributed by atoms with Gasteiger partial charge in [0, 0.05) is 4.88 Å². The van der Waals surface area contributed by atoms with Gasteiger partial charge in [-0.05, 0) is 29.8 Å². The topological polar surface area (TPSA) is 35.2 Å². The minimum absolute atomic E-state index is 0.209. The van der Waals surface area contributed by atoms with Gasteiger partial charge in [-0.2, -0.15) is 0 Å². The molecule has 1 aromatic rings. The van der Waals surface area contributed by atoms with Crippen molar-refractivity contribution in [2.75, 3.05) is 19.8 Å². The predicted octanol–water partition coefficient (Wildman–Crippen LogP) is 2.39. The van der Waals surface area contributed by atoms with Crippen LogP contribution in [0.15, 0.2) is 17.5 Å². The molecule has 0 aliphatic carbocycles. The lowest BCUT2D eigenvalue weighted by Crippen LogP contribution is -2.56. The second kappa shape index (κ2) is 3.89. The summed E-state index contributed by atoms with van der Waals surface area (Å²) in [6.07, 6.45) is 1.05. The fraction of sp³-hybridized carbons (Fsp3) is 0.667. The Bertz CT molecular complexity index is 314. The molecule has 0 spiro atoms. The van der Waals surface area contributed by atoms with Gasteiger partial charge in [0.05, 0.1) is 18.6 Å². The van der Waals surface area contributed by atoms with E-state index in [-0.39, 0.29) is 10.8 Å². The van der Waals surface area contributed by atoms with Crippen molar-refractivity contribution < 1.29 is 4.74 Å². The first kappa shape index (κ1) is 11.1. The van der Waals surface area contributed by atoms with Gasteiger partial charge in [0.25, 0.3) is 0 Å². The van der Waals surface area contributed by atoms with Gasteiger partial charge in [-0.1, -0.05) is 19.9 Å². The summed E-state index contributed by atoms with van der Waals surface area (Å²) in [6, 6.07) is 4.35. The molecule has 0 unspecified atom stereocenters. The molecule has 2 nitrogen and oxygen atoms in total. The fourth-order valence-corrected chi connectivity index (χ4v) is 3.40. The van der Waals surface area contributed by atoms with Crippen LogP contribution in [0.25, 0.3) is 0 Å². The molecule has 0 aromatic carbocycles. The number of thiophene rings is 1. The maximum absolute atomic E-state index is 5.71. The number of ether oxygens (including phenoxy) is 1. The van der Waals surface area contributed by atoms with E-state index < -0.39 is 0 Å². The van der Waals surface area contributed by atoms with Crippen LogP contribution in [-0.4, -0.2) is 19.8 Å². The van der Waals surface area contributed by atoms with Crippen molar-refractivity contribution in [2.24, 2.45) is 11.1 Å². The Morgan fingerprint density at radius 2 is 2.27 bits per heavy atom. The van der Waals surface area contributed by atoms with E-state index in [1.807, 2.05) is 11.3 Å². The van der Waals surface area contributed by atoms with Crippen LogP contribution in [0.4, 0.5) is 0 Å². The van der Waals surface area contributed by atoms with E-state index in [2.05, 4.69) is 31.4 Å². The first-order valence-corrected chi connectivity index (χ1v) is 6.32. The van der Waals surface area contributed by atoms with Gasteiger partial charge >= 0.3 is 0 Å². The number of nitrogens with two attached hydrogens (primary N) is 1. The molecule has 0 atom stereocenters. The van der Waals surface area contributed by atoms with Crippen LogP contribution in [-0.2, 0) is 10.2 Å². The summed E-state index contributed by atoms with van der Waals surface area (Å²) in [6.45, 7) is 7.06. The van der Waals surface area contributed by atoms with Crippen molar-refractivity contribution in [1.82, 2.24) is 0 Å². The van der Waals surface area contributed by atoms with Gasteiger partial charge in [0.1, 0.15) is 0 Å². The maximum atomic E-state index is 5.71. The largest absolute Gasteiger partial charge is 0.379 e. The quantitative estimate of drug-likeness (QED) is 0.854. The molecule has 15 heavy (non-hydrogen) atoms. The van der Waals surface area contributed by atoms with E-state index >= 15 is 0 Å². The van der Waals surface area contributed by atoms with Gasteiger partial charge in [0.15, 0.2) is 0 Å². The van der Waals surface area contributed by atoms with E-state index in [0.717, 1.165) is 26.2 Å². The Morgan fingerprint density at radius 1 is 1.53 bits per heavy atom. The maximum Gasteiger partial charge on any atom is 0.0598 e. The number of rotatable bonds is 4. The van der Waals surface area contributed by atoms with Crippen molar-refractivity contribution in [3.63, 3.8) is 0 Å². The van der Waals surface area contributed by atoms with Gasteiger partial charge in [-0.25, -0.2) is 0 Å². The lowest BCUT2D eigenvalue weighted by Gasteiger charge is -2.52. The van der Waals surface area contributed by atoms with Crippen LogP contribution in [0.5, 0.6) is 0 Å². The fourth-order valence-electron chi connectivity index (χ4n) is 2.32. The molecule has 3 heteroatoms. The van der Waals surface area contributed by atoms with Gasteiger partial charge < -0.3 is 10.5 Å². The summed E-state index contributed by atoms with van der Waals surface area (Å²) in [5, 5.41) is 2.15. The monoisotopic (exact) mass is 225 g/mol. The van der Waals surface area contributed by atoms with Crippen LogP contribution in [0, 0.1) is 5.41 Å². The normalized spacial score (nSPS) is 19.9. The minimum atomic E-state index is 0.209. The average Bonchev–Trinajstić information content (AvgIpc) is 2.53. The number of hydrogen-bond donors (Lipinski definition) is 1. The molecular weight excluding hydrogens is 206 g/mol. The molecule has 2 heterocycles. The average molecular weight is 225 g/mol. The zero-order chi connectivity index (χ0) is 10.9. The van der Waals surface area contributed by atoms with Crippen molar-refractivity contribution >= 4 is 11.3 Å². The Kier molecular flexibility index (Phi) is 2.88. The van der Waals surface area contributed by atoms with Gasteiger partial charge in [-0.3, -0.25) is 0 Å². The predicted molar refractivity (Wildman–Crippen MR) is 64.3 cm³/mol. The van der Waals surface area contributed by atoms with E-state index in [4.69, 9.17) is 10.5 Å². The third-order valence-corrected chi connectivity index (χ3v) is 4.83. The molecule has 0 saturated carbocycles. The van der Waals surface area contributed by atoms with Crippen molar-refractivity contribution in [1.29, 1.82) is 0 Å². The minimum Gasteiger partial charge on any atom is -0.379 e. The Morgan fingerprint density at radius 3 is 2.67 bits per heavy atom. The summed E-state index contributed by atoms with van der Waals surface area (Å²) in [5.74, 6) is 0. The highest BCUT2D eigenvalue weighted by Gasteiger charge is 2.52. The van der Waals surface area contributed by atoms with E-state index in [9.17, 15) is 0 Å². The molecule has 2 rings (SSSR count). The molecule has 1 aliphatic heterocycles. The van der Waals surface area contributed by atoms with Crippen molar-refractivity contribution in [2.45, 2.75) is 25.7 Å². The highest BCUT2D eigenvalue weighted by molar-refractivity contribution is 7.10. The van der Waals surface area contributed by atoms with E-state index in [0.29, 0.717) is 0 Å². The van der Waals surface area contributed by atoms with Crippen LogP contribution < -0.4 is 5.73 Å².